The number of fused-ring (bicyclic) bond motifs is 2. The first-order chi connectivity index (χ1) is 12.8. The number of amides is 2. The van der Waals surface area contributed by atoms with Gasteiger partial charge in [-0.15, -0.1) is 0 Å². The van der Waals surface area contributed by atoms with Gasteiger partial charge in [-0.1, -0.05) is 30.3 Å². The number of aliphatic hydroxyl groups excluding tert-OH is 1. The molecule has 2 aliphatic rings. The smallest absolute Gasteiger partial charge is 0.410 e. The molecule has 0 unspecified atom stereocenters. The predicted octanol–water partition coefficient (Wildman–Crippen LogP) is 2.77. The summed E-state index contributed by atoms with van der Waals surface area (Å²) in [6.07, 6.45) is 0.671. The minimum Gasteiger partial charge on any atom is -0.445 e. The number of likely N-dealkylation sites (tertiary alicyclic amines) is 1. The molecule has 3 rings (SSSR count). The van der Waals surface area contributed by atoms with Gasteiger partial charge in [0.25, 0.3) is 0 Å². The van der Waals surface area contributed by atoms with E-state index in [1.54, 1.807) is 9.80 Å². The highest BCUT2D eigenvalue weighted by molar-refractivity contribution is 5.72. The van der Waals surface area contributed by atoms with E-state index in [0.717, 1.165) is 18.4 Å². The molecule has 7 heteroatoms. The number of nitrogens with zero attached hydrogens (tertiary/aromatic N) is 2. The molecule has 2 fully saturated rings. The van der Waals surface area contributed by atoms with Crippen LogP contribution in [0.3, 0.4) is 0 Å². The lowest BCUT2D eigenvalue weighted by Gasteiger charge is -2.45. The Morgan fingerprint density at radius 2 is 1.85 bits per heavy atom. The lowest BCUT2D eigenvalue weighted by Crippen LogP contribution is -2.64. The SMILES string of the molecule is CC(C)(C)OC(=O)N1[C@H]2CC[C@H]1[C@@H](CO)N(C(=O)OCc1ccccc1)C2. The number of hydrogen-bond acceptors (Lipinski definition) is 5. The molecule has 0 spiro atoms. The van der Waals surface area contributed by atoms with Crippen LogP contribution in [0, 0.1) is 0 Å². The van der Waals surface area contributed by atoms with Crippen molar-refractivity contribution in [3.8, 4) is 0 Å². The van der Waals surface area contributed by atoms with E-state index in [1.807, 2.05) is 51.1 Å². The second-order valence-corrected chi connectivity index (χ2v) is 8.13. The van der Waals surface area contributed by atoms with Crippen molar-refractivity contribution in [2.24, 2.45) is 0 Å². The van der Waals surface area contributed by atoms with Crippen molar-refractivity contribution in [2.45, 2.75) is 63.9 Å². The second kappa shape index (κ2) is 7.76. The molecule has 27 heavy (non-hydrogen) atoms. The van der Waals surface area contributed by atoms with E-state index in [2.05, 4.69) is 0 Å². The van der Waals surface area contributed by atoms with Crippen LogP contribution in [0.1, 0.15) is 39.2 Å². The average Bonchev–Trinajstić information content (AvgIpc) is 2.94. The summed E-state index contributed by atoms with van der Waals surface area (Å²) in [5.74, 6) is 0. The predicted molar refractivity (Wildman–Crippen MR) is 99.1 cm³/mol. The maximum Gasteiger partial charge on any atom is 0.410 e. The molecule has 148 valence electrons. The van der Waals surface area contributed by atoms with Crippen molar-refractivity contribution >= 4 is 12.2 Å². The molecule has 1 aromatic rings. The van der Waals surface area contributed by atoms with Crippen LogP contribution < -0.4 is 0 Å². The Labute approximate surface area is 159 Å². The van der Waals surface area contributed by atoms with Crippen LogP contribution in [0.4, 0.5) is 9.59 Å². The van der Waals surface area contributed by atoms with Gasteiger partial charge in [0.15, 0.2) is 0 Å². The van der Waals surface area contributed by atoms with Crippen LogP contribution in [-0.2, 0) is 16.1 Å². The van der Waals surface area contributed by atoms with Gasteiger partial charge in [0.05, 0.1) is 24.7 Å². The van der Waals surface area contributed by atoms with Gasteiger partial charge in [-0.25, -0.2) is 9.59 Å². The Bertz CT molecular complexity index is 673. The van der Waals surface area contributed by atoms with E-state index in [-0.39, 0.29) is 31.4 Å². The van der Waals surface area contributed by atoms with Crippen LogP contribution in [0.15, 0.2) is 30.3 Å². The van der Waals surface area contributed by atoms with Crippen LogP contribution in [0.2, 0.25) is 0 Å². The minimum absolute atomic E-state index is 0.114. The fraction of sp³-hybridized carbons (Fsp3) is 0.600. The summed E-state index contributed by atoms with van der Waals surface area (Å²) >= 11 is 0. The molecule has 2 amide bonds. The standard InChI is InChI=1S/C20H28N2O5/c1-20(2,3)27-19(25)22-15-9-10-16(22)17(12-23)21(11-15)18(24)26-13-14-7-5-4-6-8-14/h4-8,15-17,23H,9-13H2,1-3H3/t15-,16-,17+/m0/s1. The van der Waals surface area contributed by atoms with Crippen LogP contribution in [0.25, 0.3) is 0 Å². The quantitative estimate of drug-likeness (QED) is 0.877. The molecule has 2 saturated heterocycles. The van der Waals surface area contributed by atoms with E-state index in [4.69, 9.17) is 9.47 Å². The number of carbonyl (C=O) groups excluding carboxylic acids is 2. The molecule has 0 aromatic heterocycles. The van der Waals surface area contributed by atoms with Gasteiger partial charge in [-0.05, 0) is 39.2 Å². The highest BCUT2D eigenvalue weighted by atomic mass is 16.6. The number of piperazine rings is 1. The molecule has 1 aromatic carbocycles. The summed E-state index contributed by atoms with van der Waals surface area (Å²) in [6.45, 7) is 5.78. The Morgan fingerprint density at radius 1 is 1.15 bits per heavy atom. The van der Waals surface area contributed by atoms with E-state index < -0.39 is 17.7 Å². The first-order valence-corrected chi connectivity index (χ1v) is 9.39. The van der Waals surface area contributed by atoms with Crippen LogP contribution >= 0.6 is 0 Å². The first-order valence-electron chi connectivity index (χ1n) is 9.39. The van der Waals surface area contributed by atoms with Crippen LogP contribution in [0.5, 0.6) is 0 Å². The topological polar surface area (TPSA) is 79.3 Å². The third-order valence-electron chi connectivity index (χ3n) is 5.03. The monoisotopic (exact) mass is 376 g/mol. The van der Waals surface area contributed by atoms with Gasteiger partial charge in [-0.2, -0.15) is 0 Å². The Morgan fingerprint density at radius 3 is 2.48 bits per heavy atom. The van der Waals surface area contributed by atoms with E-state index >= 15 is 0 Å². The zero-order valence-corrected chi connectivity index (χ0v) is 16.1. The number of ether oxygens (including phenoxy) is 2. The zero-order chi connectivity index (χ0) is 19.6. The van der Waals surface area contributed by atoms with Gasteiger partial charge in [0.2, 0.25) is 0 Å². The first kappa shape index (κ1) is 19.5. The summed E-state index contributed by atoms with van der Waals surface area (Å²) in [6, 6.07) is 8.60. The molecule has 7 nitrogen and oxygen atoms in total. The zero-order valence-electron chi connectivity index (χ0n) is 16.1. The highest BCUT2D eigenvalue weighted by Crippen LogP contribution is 2.35. The molecule has 0 radical (unpaired) electrons. The fourth-order valence-electron chi connectivity index (χ4n) is 3.87. The summed E-state index contributed by atoms with van der Waals surface area (Å²) < 4.78 is 11.0. The summed E-state index contributed by atoms with van der Waals surface area (Å²) in [4.78, 5) is 28.5. The van der Waals surface area contributed by atoms with Crippen molar-refractivity contribution < 1.29 is 24.2 Å². The van der Waals surface area contributed by atoms with Crippen molar-refractivity contribution in [1.82, 2.24) is 9.80 Å². The molecular weight excluding hydrogens is 348 g/mol. The number of benzene rings is 1. The second-order valence-electron chi connectivity index (χ2n) is 8.13. The lowest BCUT2D eigenvalue weighted by atomic mass is 10.0. The van der Waals surface area contributed by atoms with E-state index in [0.29, 0.717) is 6.54 Å². The normalized spacial score (nSPS) is 24.7. The molecular formula is C20H28N2O5. The highest BCUT2D eigenvalue weighted by Gasteiger charge is 2.51. The average molecular weight is 376 g/mol. The molecule has 1 N–H and O–H groups in total. The van der Waals surface area contributed by atoms with E-state index in [1.165, 1.54) is 0 Å². The van der Waals surface area contributed by atoms with E-state index in [9.17, 15) is 14.7 Å². The van der Waals surface area contributed by atoms with Gasteiger partial charge >= 0.3 is 12.2 Å². The number of carbonyl (C=O) groups is 2. The van der Waals surface area contributed by atoms with Gasteiger partial charge in [0.1, 0.15) is 12.2 Å². The molecule has 2 heterocycles. The minimum atomic E-state index is -0.586. The molecule has 0 saturated carbocycles. The number of aliphatic hydroxyl groups is 1. The third-order valence-corrected chi connectivity index (χ3v) is 5.03. The van der Waals surface area contributed by atoms with Crippen molar-refractivity contribution in [3.63, 3.8) is 0 Å². The lowest BCUT2D eigenvalue weighted by molar-refractivity contribution is -0.0327. The molecule has 0 aliphatic carbocycles. The van der Waals surface area contributed by atoms with Gasteiger partial charge < -0.3 is 14.6 Å². The maximum absolute atomic E-state index is 12.6. The van der Waals surface area contributed by atoms with Gasteiger partial charge in [-0.3, -0.25) is 9.80 Å². The molecule has 2 aliphatic heterocycles. The molecule has 2 bridgehead atoms. The number of hydrogen-bond donors (Lipinski definition) is 1. The van der Waals surface area contributed by atoms with Crippen molar-refractivity contribution in [3.05, 3.63) is 35.9 Å². The Hall–Kier alpha value is -2.28. The van der Waals surface area contributed by atoms with Crippen LogP contribution in [-0.4, -0.2) is 64.0 Å². The Balaban J connectivity index is 1.67. The van der Waals surface area contributed by atoms with Crippen molar-refractivity contribution in [2.75, 3.05) is 13.2 Å². The van der Waals surface area contributed by atoms with Gasteiger partial charge in [0, 0.05) is 6.54 Å². The van der Waals surface area contributed by atoms with Crippen molar-refractivity contribution in [1.29, 1.82) is 0 Å². The number of rotatable bonds is 3. The fourth-order valence-corrected chi connectivity index (χ4v) is 3.87. The summed E-state index contributed by atoms with van der Waals surface area (Å²) in [7, 11) is 0. The third kappa shape index (κ3) is 4.35. The Kier molecular flexibility index (Phi) is 5.60. The molecule has 3 atom stereocenters. The maximum atomic E-state index is 12.6. The summed E-state index contributed by atoms with van der Waals surface area (Å²) in [5.41, 5.74) is 0.318. The largest absolute Gasteiger partial charge is 0.445 e. The summed E-state index contributed by atoms with van der Waals surface area (Å²) in [5, 5.41) is 9.92.